The monoisotopic (exact) mass is 253 g/mol. The van der Waals surface area contributed by atoms with Gasteiger partial charge in [0, 0.05) is 22.8 Å². The predicted molar refractivity (Wildman–Crippen MR) is 63.8 cm³/mol. The standard InChI is InChI=1S/C9H19NO3S2/c1-15(12,13)5-4-14-8-2-3-9(10,6-8)7-11/h8,11H,2-7,10H2,1H3. The van der Waals surface area contributed by atoms with Gasteiger partial charge in [0.25, 0.3) is 0 Å². The average Bonchev–Trinajstić information content (AvgIpc) is 2.47. The molecule has 4 nitrogen and oxygen atoms in total. The lowest BCUT2D eigenvalue weighted by molar-refractivity contribution is 0.200. The van der Waals surface area contributed by atoms with E-state index in [2.05, 4.69) is 0 Å². The van der Waals surface area contributed by atoms with Crippen molar-refractivity contribution in [3.63, 3.8) is 0 Å². The van der Waals surface area contributed by atoms with Gasteiger partial charge >= 0.3 is 0 Å². The molecule has 0 amide bonds. The molecule has 90 valence electrons. The fourth-order valence-corrected chi connectivity index (χ4v) is 4.42. The van der Waals surface area contributed by atoms with Crippen molar-refractivity contribution < 1.29 is 13.5 Å². The molecule has 15 heavy (non-hydrogen) atoms. The van der Waals surface area contributed by atoms with E-state index in [0.717, 1.165) is 19.3 Å². The molecule has 1 aliphatic rings. The van der Waals surface area contributed by atoms with Gasteiger partial charge in [-0.05, 0) is 19.3 Å². The molecule has 0 aromatic heterocycles. The molecule has 0 aromatic carbocycles. The molecule has 6 heteroatoms. The number of hydrogen-bond acceptors (Lipinski definition) is 5. The molecule has 0 radical (unpaired) electrons. The largest absolute Gasteiger partial charge is 0.394 e. The quantitative estimate of drug-likeness (QED) is 0.721. The summed E-state index contributed by atoms with van der Waals surface area (Å²) < 4.78 is 21.8. The molecular weight excluding hydrogens is 234 g/mol. The van der Waals surface area contributed by atoms with E-state index in [1.54, 1.807) is 11.8 Å². The van der Waals surface area contributed by atoms with Crippen molar-refractivity contribution in [1.82, 2.24) is 0 Å². The van der Waals surface area contributed by atoms with Crippen LogP contribution >= 0.6 is 11.8 Å². The van der Waals surface area contributed by atoms with E-state index in [9.17, 15) is 8.42 Å². The number of sulfone groups is 1. The Morgan fingerprint density at radius 2 is 2.27 bits per heavy atom. The van der Waals surface area contributed by atoms with Gasteiger partial charge in [-0.2, -0.15) is 11.8 Å². The minimum Gasteiger partial charge on any atom is -0.394 e. The SMILES string of the molecule is CS(=O)(=O)CCSC1CCC(N)(CO)C1. The first-order chi connectivity index (χ1) is 6.85. The Labute approximate surface area is 95.5 Å². The van der Waals surface area contributed by atoms with Crippen LogP contribution in [-0.2, 0) is 9.84 Å². The van der Waals surface area contributed by atoms with Crippen LogP contribution in [0.4, 0.5) is 0 Å². The third-order valence-corrected chi connectivity index (χ3v) is 5.24. The van der Waals surface area contributed by atoms with Crippen molar-refractivity contribution in [3.8, 4) is 0 Å². The Morgan fingerprint density at radius 1 is 1.60 bits per heavy atom. The first-order valence-electron chi connectivity index (χ1n) is 5.04. The first kappa shape index (κ1) is 13.3. The maximum Gasteiger partial charge on any atom is 0.148 e. The minimum atomic E-state index is -2.85. The number of hydrogen-bond donors (Lipinski definition) is 2. The van der Waals surface area contributed by atoms with Crippen molar-refractivity contribution in [1.29, 1.82) is 0 Å². The normalized spacial score (nSPS) is 32.1. The van der Waals surface area contributed by atoms with E-state index in [-0.39, 0.29) is 12.4 Å². The van der Waals surface area contributed by atoms with Crippen molar-refractivity contribution in [2.45, 2.75) is 30.1 Å². The number of nitrogens with two attached hydrogens (primary N) is 1. The summed E-state index contributed by atoms with van der Waals surface area (Å²) in [5, 5.41) is 9.47. The summed E-state index contributed by atoms with van der Waals surface area (Å²) in [5.74, 6) is 0.857. The third kappa shape index (κ3) is 4.72. The van der Waals surface area contributed by atoms with Gasteiger partial charge in [-0.1, -0.05) is 0 Å². The van der Waals surface area contributed by atoms with E-state index in [1.807, 2.05) is 0 Å². The van der Waals surface area contributed by atoms with Gasteiger partial charge in [0.05, 0.1) is 12.4 Å². The summed E-state index contributed by atoms with van der Waals surface area (Å²) in [4.78, 5) is 0. The summed E-state index contributed by atoms with van der Waals surface area (Å²) in [6.45, 7) is 0.0239. The van der Waals surface area contributed by atoms with Crippen molar-refractivity contribution in [3.05, 3.63) is 0 Å². The zero-order valence-electron chi connectivity index (χ0n) is 8.98. The average molecular weight is 253 g/mol. The molecule has 1 fully saturated rings. The molecule has 0 aromatic rings. The lowest BCUT2D eigenvalue weighted by Crippen LogP contribution is -2.41. The topological polar surface area (TPSA) is 80.4 Å². The maximum atomic E-state index is 10.9. The predicted octanol–water partition coefficient (Wildman–Crippen LogP) is 0.00650. The van der Waals surface area contributed by atoms with Gasteiger partial charge in [0.2, 0.25) is 0 Å². The number of aliphatic hydroxyl groups excluding tert-OH is 1. The van der Waals surface area contributed by atoms with Crippen LogP contribution in [0.5, 0.6) is 0 Å². The summed E-state index contributed by atoms with van der Waals surface area (Å²) in [6.07, 6.45) is 3.85. The lowest BCUT2D eigenvalue weighted by atomic mass is 10.0. The highest BCUT2D eigenvalue weighted by atomic mass is 32.2. The van der Waals surface area contributed by atoms with E-state index >= 15 is 0 Å². The van der Waals surface area contributed by atoms with E-state index in [1.165, 1.54) is 6.26 Å². The van der Waals surface area contributed by atoms with Gasteiger partial charge in [-0.15, -0.1) is 0 Å². The van der Waals surface area contributed by atoms with Gasteiger partial charge in [-0.3, -0.25) is 0 Å². The molecule has 0 aliphatic heterocycles. The first-order valence-corrected chi connectivity index (χ1v) is 8.15. The van der Waals surface area contributed by atoms with Crippen LogP contribution in [0.25, 0.3) is 0 Å². The zero-order chi connectivity index (χ0) is 11.5. The Bertz CT molecular complexity index is 304. The molecule has 3 N–H and O–H groups in total. The van der Waals surface area contributed by atoms with E-state index < -0.39 is 15.4 Å². The zero-order valence-corrected chi connectivity index (χ0v) is 10.6. The summed E-state index contributed by atoms with van der Waals surface area (Å²) >= 11 is 1.66. The van der Waals surface area contributed by atoms with Gasteiger partial charge in [-0.25, -0.2) is 8.42 Å². The summed E-state index contributed by atoms with van der Waals surface area (Å²) in [5.41, 5.74) is 5.50. The second-order valence-electron chi connectivity index (χ2n) is 4.39. The number of thioether (sulfide) groups is 1. The van der Waals surface area contributed by atoms with E-state index in [4.69, 9.17) is 10.8 Å². The van der Waals surface area contributed by atoms with Crippen LogP contribution in [0.15, 0.2) is 0 Å². The lowest BCUT2D eigenvalue weighted by Gasteiger charge is -2.20. The highest BCUT2D eigenvalue weighted by Gasteiger charge is 2.35. The molecule has 0 spiro atoms. The second-order valence-corrected chi connectivity index (χ2v) is 8.05. The molecule has 0 saturated heterocycles. The van der Waals surface area contributed by atoms with Crippen LogP contribution in [0.1, 0.15) is 19.3 Å². The van der Waals surface area contributed by atoms with Crippen LogP contribution in [0.3, 0.4) is 0 Å². The fourth-order valence-electron chi connectivity index (χ4n) is 1.76. The molecule has 0 heterocycles. The number of aliphatic hydroxyl groups is 1. The summed E-state index contributed by atoms with van der Waals surface area (Å²) in [7, 11) is -2.85. The third-order valence-electron chi connectivity index (χ3n) is 2.72. The van der Waals surface area contributed by atoms with E-state index in [0.29, 0.717) is 11.0 Å². The smallest absolute Gasteiger partial charge is 0.148 e. The van der Waals surface area contributed by atoms with Crippen molar-refractivity contribution in [2.75, 3.05) is 24.4 Å². The molecule has 1 aliphatic carbocycles. The Hall–Kier alpha value is 0.220. The molecule has 0 bridgehead atoms. The highest BCUT2D eigenvalue weighted by Crippen LogP contribution is 2.35. The second kappa shape index (κ2) is 5.03. The van der Waals surface area contributed by atoms with Gasteiger partial charge in [0.1, 0.15) is 9.84 Å². The summed E-state index contributed by atoms with van der Waals surface area (Å²) in [6, 6.07) is 0. The van der Waals surface area contributed by atoms with Crippen LogP contribution in [0, 0.1) is 0 Å². The highest BCUT2D eigenvalue weighted by molar-refractivity contribution is 8.01. The Kier molecular flexibility index (Phi) is 4.46. The Balaban J connectivity index is 2.26. The van der Waals surface area contributed by atoms with Crippen LogP contribution in [-0.4, -0.2) is 48.7 Å². The maximum absolute atomic E-state index is 10.9. The molecular formula is C9H19NO3S2. The molecule has 2 atom stereocenters. The molecule has 2 unspecified atom stereocenters. The minimum absolute atomic E-state index is 0.0239. The van der Waals surface area contributed by atoms with Gasteiger partial charge < -0.3 is 10.8 Å². The molecule has 1 rings (SSSR count). The van der Waals surface area contributed by atoms with Crippen LogP contribution < -0.4 is 5.73 Å². The molecule has 1 saturated carbocycles. The fraction of sp³-hybridized carbons (Fsp3) is 1.00. The Morgan fingerprint density at radius 3 is 2.73 bits per heavy atom. The van der Waals surface area contributed by atoms with Crippen molar-refractivity contribution >= 4 is 21.6 Å². The van der Waals surface area contributed by atoms with Gasteiger partial charge in [0.15, 0.2) is 0 Å². The van der Waals surface area contributed by atoms with Crippen LogP contribution in [0.2, 0.25) is 0 Å². The number of rotatable bonds is 5. The van der Waals surface area contributed by atoms with Crippen molar-refractivity contribution in [2.24, 2.45) is 5.73 Å².